The Morgan fingerprint density at radius 3 is 2.55 bits per heavy atom. The minimum absolute atomic E-state index is 0.103. The maximum absolute atomic E-state index is 13.6. The SMILES string of the molecule is CCOc1cccc(NC(=O)CC2C(=O)N(c3ccc(OC)cc3)C(=O)N2Cc2ccc3c(c2)OCO3)c1. The quantitative estimate of drug-likeness (QED) is 0.424. The lowest BCUT2D eigenvalue weighted by molar-refractivity contribution is -0.124. The van der Waals surface area contributed by atoms with Crippen molar-refractivity contribution in [2.24, 2.45) is 0 Å². The Balaban J connectivity index is 1.40. The summed E-state index contributed by atoms with van der Waals surface area (Å²) in [5, 5.41) is 2.81. The van der Waals surface area contributed by atoms with Crippen molar-refractivity contribution in [1.29, 1.82) is 0 Å². The van der Waals surface area contributed by atoms with E-state index in [1.54, 1.807) is 66.7 Å². The van der Waals surface area contributed by atoms with Crippen molar-refractivity contribution in [3.05, 3.63) is 72.3 Å². The number of benzene rings is 3. The molecule has 10 heteroatoms. The van der Waals surface area contributed by atoms with E-state index in [9.17, 15) is 14.4 Å². The lowest BCUT2D eigenvalue weighted by Crippen LogP contribution is -2.37. The van der Waals surface area contributed by atoms with E-state index in [0.717, 1.165) is 10.5 Å². The summed E-state index contributed by atoms with van der Waals surface area (Å²) in [7, 11) is 1.53. The number of hydrogen-bond donors (Lipinski definition) is 1. The summed E-state index contributed by atoms with van der Waals surface area (Å²) < 4.78 is 21.5. The Labute approximate surface area is 219 Å². The normalized spacial score (nSPS) is 16.1. The fourth-order valence-corrected chi connectivity index (χ4v) is 4.44. The Morgan fingerprint density at radius 1 is 1.00 bits per heavy atom. The Morgan fingerprint density at radius 2 is 1.79 bits per heavy atom. The predicted molar refractivity (Wildman–Crippen MR) is 139 cm³/mol. The van der Waals surface area contributed by atoms with E-state index in [0.29, 0.717) is 41.0 Å². The molecule has 0 aromatic heterocycles. The number of urea groups is 1. The standard InChI is InChI=1S/C28H27N3O7/c1-3-36-22-6-4-5-19(14-22)29-26(32)15-23-27(33)31(20-8-10-21(35-2)11-9-20)28(34)30(23)16-18-7-12-24-25(13-18)38-17-37-24/h4-14,23H,3,15-17H2,1-2H3,(H,29,32). The monoisotopic (exact) mass is 517 g/mol. The highest BCUT2D eigenvalue weighted by Gasteiger charge is 2.46. The van der Waals surface area contributed by atoms with Gasteiger partial charge in [0.25, 0.3) is 5.91 Å². The van der Waals surface area contributed by atoms with Crippen LogP contribution in [-0.4, -0.2) is 49.3 Å². The van der Waals surface area contributed by atoms with E-state index >= 15 is 0 Å². The van der Waals surface area contributed by atoms with Crippen LogP contribution in [0.5, 0.6) is 23.0 Å². The van der Waals surface area contributed by atoms with Crippen LogP contribution in [-0.2, 0) is 16.1 Å². The topological polar surface area (TPSA) is 107 Å². The molecule has 0 bridgehead atoms. The van der Waals surface area contributed by atoms with Gasteiger partial charge in [-0.05, 0) is 61.0 Å². The highest BCUT2D eigenvalue weighted by Crippen LogP contribution is 2.35. The maximum atomic E-state index is 13.6. The van der Waals surface area contributed by atoms with E-state index in [4.69, 9.17) is 18.9 Å². The van der Waals surface area contributed by atoms with Gasteiger partial charge in [0.15, 0.2) is 11.5 Å². The van der Waals surface area contributed by atoms with E-state index in [-0.39, 0.29) is 19.8 Å². The number of imide groups is 1. The van der Waals surface area contributed by atoms with E-state index in [2.05, 4.69) is 5.32 Å². The number of amides is 4. The van der Waals surface area contributed by atoms with Crippen molar-refractivity contribution >= 4 is 29.2 Å². The summed E-state index contributed by atoms with van der Waals surface area (Å²) in [6, 6.07) is 17.4. The van der Waals surface area contributed by atoms with Gasteiger partial charge in [-0.25, -0.2) is 9.69 Å². The average molecular weight is 518 g/mol. The molecule has 38 heavy (non-hydrogen) atoms. The molecule has 2 aliphatic heterocycles. The van der Waals surface area contributed by atoms with Crippen LogP contribution < -0.4 is 29.2 Å². The number of nitrogens with one attached hydrogen (secondary N) is 1. The molecule has 0 radical (unpaired) electrons. The molecule has 2 aliphatic rings. The summed E-state index contributed by atoms with van der Waals surface area (Å²) in [6.45, 7) is 2.59. The van der Waals surface area contributed by atoms with E-state index in [1.165, 1.54) is 12.0 Å². The molecular weight excluding hydrogens is 490 g/mol. The fraction of sp³-hybridized carbons (Fsp3) is 0.250. The first-order valence-corrected chi connectivity index (χ1v) is 12.2. The van der Waals surface area contributed by atoms with Crippen molar-refractivity contribution in [2.45, 2.75) is 25.9 Å². The number of fused-ring (bicyclic) bond motifs is 1. The molecule has 1 fully saturated rings. The van der Waals surface area contributed by atoms with Crippen molar-refractivity contribution in [3.8, 4) is 23.0 Å². The first-order valence-electron chi connectivity index (χ1n) is 12.2. The van der Waals surface area contributed by atoms with Crippen LogP contribution in [0.4, 0.5) is 16.2 Å². The molecule has 1 atom stereocenters. The number of hydrogen-bond acceptors (Lipinski definition) is 7. The number of ether oxygens (including phenoxy) is 4. The third-order valence-electron chi connectivity index (χ3n) is 6.25. The largest absolute Gasteiger partial charge is 0.497 e. The Kier molecular flexibility index (Phi) is 7.03. The molecular formula is C28H27N3O7. The molecule has 1 unspecified atom stereocenters. The van der Waals surface area contributed by atoms with Gasteiger partial charge in [0, 0.05) is 18.3 Å². The number of methoxy groups -OCH3 is 1. The molecule has 3 aromatic carbocycles. The second kappa shape index (κ2) is 10.7. The molecule has 1 N–H and O–H groups in total. The number of carbonyl (C=O) groups is 3. The van der Waals surface area contributed by atoms with Gasteiger partial charge >= 0.3 is 6.03 Å². The van der Waals surface area contributed by atoms with Gasteiger partial charge in [0.1, 0.15) is 17.5 Å². The zero-order valence-electron chi connectivity index (χ0n) is 21.0. The minimum Gasteiger partial charge on any atom is -0.497 e. The highest BCUT2D eigenvalue weighted by atomic mass is 16.7. The van der Waals surface area contributed by atoms with Crippen LogP contribution >= 0.6 is 0 Å². The zero-order valence-corrected chi connectivity index (χ0v) is 21.0. The molecule has 3 aromatic rings. The Hall–Kier alpha value is -4.73. The molecule has 10 nitrogen and oxygen atoms in total. The van der Waals surface area contributed by atoms with E-state index in [1.807, 2.05) is 6.92 Å². The Bertz CT molecular complexity index is 1360. The third-order valence-corrected chi connectivity index (χ3v) is 6.25. The summed E-state index contributed by atoms with van der Waals surface area (Å²) >= 11 is 0. The van der Waals surface area contributed by atoms with Crippen LogP contribution in [0.1, 0.15) is 18.9 Å². The van der Waals surface area contributed by atoms with Gasteiger partial charge in [-0.2, -0.15) is 0 Å². The van der Waals surface area contributed by atoms with Gasteiger partial charge in [0.2, 0.25) is 12.7 Å². The molecule has 0 aliphatic carbocycles. The van der Waals surface area contributed by atoms with Gasteiger partial charge in [-0.3, -0.25) is 9.59 Å². The van der Waals surface area contributed by atoms with Crippen molar-refractivity contribution < 1.29 is 33.3 Å². The molecule has 2 heterocycles. The number of rotatable bonds is 9. The minimum atomic E-state index is -1.01. The average Bonchev–Trinajstić information content (AvgIpc) is 3.47. The van der Waals surface area contributed by atoms with Crippen LogP contribution in [0, 0.1) is 0 Å². The molecule has 5 rings (SSSR count). The molecule has 0 saturated carbocycles. The highest BCUT2D eigenvalue weighted by molar-refractivity contribution is 6.22. The smallest absolute Gasteiger partial charge is 0.332 e. The second-order valence-electron chi connectivity index (χ2n) is 8.70. The molecule has 1 saturated heterocycles. The first-order chi connectivity index (χ1) is 18.5. The van der Waals surface area contributed by atoms with Crippen molar-refractivity contribution in [1.82, 2.24) is 4.90 Å². The number of anilines is 2. The maximum Gasteiger partial charge on any atom is 0.332 e. The van der Waals surface area contributed by atoms with Crippen molar-refractivity contribution in [2.75, 3.05) is 30.7 Å². The summed E-state index contributed by atoms with van der Waals surface area (Å²) in [6.07, 6.45) is -0.222. The predicted octanol–water partition coefficient (Wildman–Crippen LogP) is 4.19. The lowest BCUT2D eigenvalue weighted by atomic mass is 10.1. The van der Waals surface area contributed by atoms with Gasteiger partial charge < -0.3 is 29.2 Å². The molecule has 196 valence electrons. The third kappa shape index (κ3) is 5.06. The molecule has 0 spiro atoms. The summed E-state index contributed by atoms with van der Waals surface area (Å²) in [4.78, 5) is 42.7. The number of carbonyl (C=O) groups excluding carboxylic acids is 3. The second-order valence-corrected chi connectivity index (χ2v) is 8.70. The summed E-state index contributed by atoms with van der Waals surface area (Å²) in [5.74, 6) is 1.50. The van der Waals surface area contributed by atoms with Crippen LogP contribution in [0.3, 0.4) is 0 Å². The number of nitrogens with zero attached hydrogens (tertiary/aromatic N) is 2. The first kappa shape index (κ1) is 24.9. The van der Waals surface area contributed by atoms with Crippen LogP contribution in [0.2, 0.25) is 0 Å². The van der Waals surface area contributed by atoms with Gasteiger partial charge in [-0.1, -0.05) is 12.1 Å². The van der Waals surface area contributed by atoms with Gasteiger partial charge in [-0.15, -0.1) is 0 Å². The zero-order chi connectivity index (χ0) is 26.6. The van der Waals surface area contributed by atoms with E-state index < -0.39 is 23.9 Å². The molecule has 4 amide bonds. The van der Waals surface area contributed by atoms with Crippen molar-refractivity contribution in [3.63, 3.8) is 0 Å². The van der Waals surface area contributed by atoms with Gasteiger partial charge in [0.05, 0.1) is 25.8 Å². The van der Waals surface area contributed by atoms with Crippen LogP contribution in [0.15, 0.2) is 66.7 Å². The summed E-state index contributed by atoms with van der Waals surface area (Å²) in [5.41, 5.74) is 1.66. The van der Waals surface area contributed by atoms with Crippen LogP contribution in [0.25, 0.3) is 0 Å². The fourth-order valence-electron chi connectivity index (χ4n) is 4.44. The lowest BCUT2D eigenvalue weighted by Gasteiger charge is -2.22.